The lowest BCUT2D eigenvalue weighted by Crippen LogP contribution is -2.05. The van der Waals surface area contributed by atoms with E-state index in [1.807, 2.05) is 19.1 Å². The number of pyridine rings is 1. The van der Waals surface area contributed by atoms with Crippen molar-refractivity contribution in [3.8, 4) is 22.8 Å². The molecule has 9 nitrogen and oxygen atoms in total. The number of rotatable bonds is 4. The maximum Gasteiger partial charge on any atom is 0.272 e. The van der Waals surface area contributed by atoms with Gasteiger partial charge in [-0.1, -0.05) is 23.2 Å². The number of fused-ring (bicyclic) bond motifs is 1. The Morgan fingerprint density at radius 3 is 2.55 bits per heavy atom. The number of benzene rings is 1. The van der Waals surface area contributed by atoms with Gasteiger partial charge in [0.25, 0.3) is 5.78 Å². The standard InChI is InChI=1S/C20H13Cl2N9/c1-11-17(28-29-20-27-18(30-31(11)20)12-4-7-23-8-5-12)16-6-9-24-19(26-16)25-13-2-3-14(21)15(22)10-13/h2-10H,1H3,(H,24,25,26). The molecule has 0 aliphatic heterocycles. The number of aryl methyl sites for hydroxylation is 1. The van der Waals surface area contributed by atoms with E-state index in [0.29, 0.717) is 44.7 Å². The van der Waals surface area contributed by atoms with Crippen molar-refractivity contribution >= 4 is 40.6 Å². The summed E-state index contributed by atoms with van der Waals surface area (Å²) in [6.45, 7) is 1.89. The molecule has 0 radical (unpaired) electrons. The van der Waals surface area contributed by atoms with Crippen LogP contribution in [0.3, 0.4) is 0 Å². The molecule has 152 valence electrons. The maximum absolute atomic E-state index is 6.08. The summed E-state index contributed by atoms with van der Waals surface area (Å²) >= 11 is 12.1. The van der Waals surface area contributed by atoms with Gasteiger partial charge in [0.2, 0.25) is 5.95 Å². The predicted octanol–water partition coefficient (Wildman–Crippen LogP) is 4.40. The lowest BCUT2D eigenvalue weighted by molar-refractivity contribution is 0.851. The number of nitrogens with one attached hydrogen (secondary N) is 1. The third-order valence-electron chi connectivity index (χ3n) is 4.50. The summed E-state index contributed by atoms with van der Waals surface area (Å²) in [5, 5.41) is 17.1. The van der Waals surface area contributed by atoms with Crippen molar-refractivity contribution in [2.45, 2.75) is 6.92 Å². The number of nitrogens with zero attached hydrogens (tertiary/aromatic N) is 8. The molecule has 4 heterocycles. The van der Waals surface area contributed by atoms with Crippen molar-refractivity contribution in [2.75, 3.05) is 5.32 Å². The highest BCUT2D eigenvalue weighted by Gasteiger charge is 2.15. The Morgan fingerprint density at radius 2 is 1.74 bits per heavy atom. The van der Waals surface area contributed by atoms with Crippen LogP contribution in [0.15, 0.2) is 55.0 Å². The van der Waals surface area contributed by atoms with Crippen LogP contribution in [0.25, 0.3) is 28.6 Å². The van der Waals surface area contributed by atoms with E-state index < -0.39 is 0 Å². The van der Waals surface area contributed by atoms with Gasteiger partial charge in [0.15, 0.2) is 5.82 Å². The summed E-state index contributed by atoms with van der Waals surface area (Å²) in [5.41, 5.74) is 3.46. The Morgan fingerprint density at radius 1 is 0.903 bits per heavy atom. The van der Waals surface area contributed by atoms with E-state index in [9.17, 15) is 0 Å². The fraction of sp³-hybridized carbons (Fsp3) is 0.0500. The van der Waals surface area contributed by atoms with E-state index >= 15 is 0 Å². The van der Waals surface area contributed by atoms with Crippen molar-refractivity contribution in [3.05, 3.63) is 70.7 Å². The molecule has 1 N–H and O–H groups in total. The molecule has 5 rings (SSSR count). The number of halogens is 2. The minimum Gasteiger partial charge on any atom is -0.324 e. The van der Waals surface area contributed by atoms with Crippen LogP contribution in [0, 0.1) is 6.92 Å². The van der Waals surface area contributed by atoms with E-state index in [0.717, 1.165) is 11.3 Å². The molecule has 0 fully saturated rings. The third kappa shape index (κ3) is 3.76. The first-order valence-corrected chi connectivity index (χ1v) is 9.90. The van der Waals surface area contributed by atoms with E-state index in [-0.39, 0.29) is 0 Å². The quantitative estimate of drug-likeness (QED) is 0.430. The molecule has 0 aliphatic carbocycles. The summed E-state index contributed by atoms with van der Waals surface area (Å²) in [7, 11) is 0. The molecular weight excluding hydrogens is 437 g/mol. The molecule has 0 spiro atoms. The molecule has 11 heteroatoms. The van der Waals surface area contributed by atoms with Crippen molar-refractivity contribution in [1.82, 2.24) is 39.7 Å². The van der Waals surface area contributed by atoms with Crippen molar-refractivity contribution < 1.29 is 0 Å². The normalized spacial score (nSPS) is 11.1. The summed E-state index contributed by atoms with van der Waals surface area (Å²) in [4.78, 5) is 17.3. The van der Waals surface area contributed by atoms with Crippen LogP contribution in [-0.2, 0) is 0 Å². The van der Waals surface area contributed by atoms with Gasteiger partial charge >= 0.3 is 0 Å². The summed E-state index contributed by atoms with van der Waals surface area (Å²) in [5.74, 6) is 1.33. The number of aromatic nitrogens is 8. The van der Waals surface area contributed by atoms with Crippen molar-refractivity contribution in [1.29, 1.82) is 0 Å². The van der Waals surface area contributed by atoms with Gasteiger partial charge in [-0.3, -0.25) is 4.98 Å². The number of hydrogen-bond acceptors (Lipinski definition) is 8. The zero-order valence-electron chi connectivity index (χ0n) is 16.0. The lowest BCUT2D eigenvalue weighted by atomic mass is 10.2. The largest absolute Gasteiger partial charge is 0.324 e. The molecule has 31 heavy (non-hydrogen) atoms. The van der Waals surface area contributed by atoms with Gasteiger partial charge in [-0.25, -0.2) is 9.97 Å². The Kier molecular flexibility index (Phi) is 4.89. The first-order chi connectivity index (χ1) is 15.1. The molecule has 0 unspecified atom stereocenters. The predicted molar refractivity (Wildman–Crippen MR) is 117 cm³/mol. The van der Waals surface area contributed by atoms with Gasteiger partial charge in [0.05, 0.1) is 21.4 Å². The molecule has 4 aromatic heterocycles. The summed E-state index contributed by atoms with van der Waals surface area (Å²) < 4.78 is 1.65. The maximum atomic E-state index is 6.08. The monoisotopic (exact) mass is 449 g/mol. The van der Waals surface area contributed by atoms with Crippen LogP contribution in [0.5, 0.6) is 0 Å². The SMILES string of the molecule is Cc1c(-c2ccnc(Nc3ccc(Cl)c(Cl)c3)n2)nnc2nc(-c3ccncc3)nn12. The average Bonchev–Trinajstić information content (AvgIpc) is 3.23. The van der Waals surface area contributed by atoms with Crippen LogP contribution in [-0.4, -0.2) is 39.7 Å². The molecule has 0 bridgehead atoms. The topological polar surface area (TPSA) is 107 Å². The Hall–Kier alpha value is -3.69. The Bertz CT molecular complexity index is 1400. The Labute approximate surface area is 186 Å². The van der Waals surface area contributed by atoms with E-state index in [1.54, 1.807) is 47.4 Å². The van der Waals surface area contributed by atoms with Crippen LogP contribution < -0.4 is 5.32 Å². The number of hydrogen-bond donors (Lipinski definition) is 1. The van der Waals surface area contributed by atoms with E-state index in [2.05, 4.69) is 40.5 Å². The molecule has 1 aromatic carbocycles. The van der Waals surface area contributed by atoms with Crippen LogP contribution in [0.2, 0.25) is 10.0 Å². The van der Waals surface area contributed by atoms with Gasteiger partial charge in [0, 0.05) is 29.8 Å². The van der Waals surface area contributed by atoms with Gasteiger partial charge in [-0.05, 0) is 43.3 Å². The van der Waals surface area contributed by atoms with Gasteiger partial charge in [-0.15, -0.1) is 15.3 Å². The molecular formula is C20H13Cl2N9. The highest BCUT2D eigenvalue weighted by molar-refractivity contribution is 6.42. The van der Waals surface area contributed by atoms with E-state index in [1.165, 1.54) is 0 Å². The van der Waals surface area contributed by atoms with E-state index in [4.69, 9.17) is 23.2 Å². The summed E-state index contributed by atoms with van der Waals surface area (Å²) in [6, 6.07) is 10.6. The minimum atomic E-state index is 0.383. The molecule has 0 amide bonds. The molecule has 0 atom stereocenters. The second kappa shape index (κ2) is 7.86. The molecule has 5 aromatic rings. The van der Waals surface area contributed by atoms with Crippen LogP contribution in [0.1, 0.15) is 5.69 Å². The number of anilines is 2. The second-order valence-electron chi connectivity index (χ2n) is 6.54. The summed E-state index contributed by atoms with van der Waals surface area (Å²) in [6.07, 6.45) is 5.01. The second-order valence-corrected chi connectivity index (χ2v) is 7.35. The van der Waals surface area contributed by atoms with Crippen molar-refractivity contribution in [3.63, 3.8) is 0 Å². The fourth-order valence-electron chi connectivity index (χ4n) is 2.97. The average molecular weight is 450 g/mol. The first kappa shape index (κ1) is 19.3. The van der Waals surface area contributed by atoms with Crippen LogP contribution >= 0.6 is 23.2 Å². The first-order valence-electron chi connectivity index (χ1n) is 9.14. The Balaban J connectivity index is 1.51. The highest BCUT2D eigenvalue weighted by Crippen LogP contribution is 2.27. The minimum absolute atomic E-state index is 0.383. The molecule has 0 saturated carbocycles. The third-order valence-corrected chi connectivity index (χ3v) is 5.24. The van der Waals surface area contributed by atoms with Gasteiger partial charge in [0.1, 0.15) is 5.69 Å². The highest BCUT2D eigenvalue weighted by atomic mass is 35.5. The zero-order chi connectivity index (χ0) is 21.4. The van der Waals surface area contributed by atoms with Crippen molar-refractivity contribution in [2.24, 2.45) is 0 Å². The molecule has 0 aliphatic rings. The van der Waals surface area contributed by atoms with Gasteiger partial charge < -0.3 is 5.32 Å². The van der Waals surface area contributed by atoms with Gasteiger partial charge in [-0.2, -0.15) is 9.50 Å². The molecule has 0 saturated heterocycles. The lowest BCUT2D eigenvalue weighted by Gasteiger charge is -2.08. The fourth-order valence-corrected chi connectivity index (χ4v) is 3.27. The zero-order valence-corrected chi connectivity index (χ0v) is 17.5. The smallest absolute Gasteiger partial charge is 0.272 e. The van der Waals surface area contributed by atoms with Crippen LogP contribution in [0.4, 0.5) is 11.6 Å².